The normalized spacial score (nSPS) is 10.6. The molecular formula is C20H20N2O2. The number of Topliss-reactive ketones (excluding diaryl/α,β-unsaturated/α-hetero) is 1. The van der Waals surface area contributed by atoms with Crippen LogP contribution >= 0.6 is 0 Å². The molecular weight excluding hydrogens is 300 g/mol. The molecule has 0 aliphatic rings. The number of hydrogen-bond acceptors (Lipinski definition) is 3. The van der Waals surface area contributed by atoms with Crippen molar-refractivity contribution in [1.82, 2.24) is 9.78 Å². The first kappa shape index (κ1) is 16.0. The molecule has 0 spiro atoms. The molecule has 0 aliphatic heterocycles. The molecule has 0 saturated carbocycles. The molecule has 0 amide bonds. The van der Waals surface area contributed by atoms with E-state index in [1.54, 1.807) is 18.0 Å². The SMILES string of the molecule is COc1cc(-c2cnn(C)c2)ccc1C(=O)Cc1ccc(C)cc1. The molecule has 0 N–H and O–H groups in total. The van der Waals surface area contributed by atoms with Crippen LogP contribution in [0.25, 0.3) is 11.1 Å². The van der Waals surface area contributed by atoms with Gasteiger partial charge in [0.2, 0.25) is 0 Å². The lowest BCUT2D eigenvalue weighted by Gasteiger charge is -2.10. The van der Waals surface area contributed by atoms with Crippen molar-refractivity contribution in [3.63, 3.8) is 0 Å². The highest BCUT2D eigenvalue weighted by molar-refractivity contribution is 6.00. The third-order valence-electron chi connectivity index (χ3n) is 4.03. The van der Waals surface area contributed by atoms with Crippen LogP contribution in [0.1, 0.15) is 21.5 Å². The van der Waals surface area contributed by atoms with E-state index in [1.165, 1.54) is 5.56 Å². The average Bonchev–Trinajstić information content (AvgIpc) is 3.02. The van der Waals surface area contributed by atoms with Gasteiger partial charge in [0.25, 0.3) is 0 Å². The van der Waals surface area contributed by atoms with E-state index in [0.29, 0.717) is 17.7 Å². The van der Waals surface area contributed by atoms with Crippen LogP contribution in [0.5, 0.6) is 5.75 Å². The number of methoxy groups -OCH3 is 1. The Bertz CT molecular complexity index is 864. The highest BCUT2D eigenvalue weighted by Crippen LogP contribution is 2.28. The van der Waals surface area contributed by atoms with Gasteiger partial charge < -0.3 is 4.74 Å². The monoisotopic (exact) mass is 320 g/mol. The van der Waals surface area contributed by atoms with E-state index in [2.05, 4.69) is 5.10 Å². The van der Waals surface area contributed by atoms with E-state index in [1.807, 2.05) is 62.6 Å². The summed E-state index contributed by atoms with van der Waals surface area (Å²) in [6.07, 6.45) is 4.09. The largest absolute Gasteiger partial charge is 0.496 e. The lowest BCUT2D eigenvalue weighted by atomic mass is 9.99. The molecule has 0 fully saturated rings. The Labute approximate surface area is 141 Å². The van der Waals surface area contributed by atoms with Gasteiger partial charge in [0.15, 0.2) is 5.78 Å². The Kier molecular flexibility index (Phi) is 4.47. The van der Waals surface area contributed by atoms with Crippen LogP contribution in [0, 0.1) is 6.92 Å². The first-order valence-electron chi connectivity index (χ1n) is 7.82. The summed E-state index contributed by atoms with van der Waals surface area (Å²) in [6.45, 7) is 2.03. The van der Waals surface area contributed by atoms with Gasteiger partial charge in [-0.05, 0) is 30.2 Å². The second kappa shape index (κ2) is 6.71. The van der Waals surface area contributed by atoms with E-state index < -0.39 is 0 Å². The van der Waals surface area contributed by atoms with Gasteiger partial charge in [-0.1, -0.05) is 35.9 Å². The zero-order valence-corrected chi connectivity index (χ0v) is 14.1. The number of carbonyl (C=O) groups excluding carboxylic acids is 1. The summed E-state index contributed by atoms with van der Waals surface area (Å²) in [4.78, 5) is 12.6. The van der Waals surface area contributed by atoms with Crippen molar-refractivity contribution in [3.05, 3.63) is 71.5 Å². The predicted molar refractivity (Wildman–Crippen MR) is 94.4 cm³/mol. The Morgan fingerprint density at radius 1 is 1.12 bits per heavy atom. The van der Waals surface area contributed by atoms with Gasteiger partial charge in [0, 0.05) is 25.2 Å². The lowest BCUT2D eigenvalue weighted by molar-refractivity contribution is 0.0990. The van der Waals surface area contributed by atoms with Crippen molar-refractivity contribution in [2.45, 2.75) is 13.3 Å². The van der Waals surface area contributed by atoms with Crippen LogP contribution in [-0.2, 0) is 13.5 Å². The molecule has 0 aliphatic carbocycles. The number of hydrogen-bond donors (Lipinski definition) is 0. The molecule has 0 atom stereocenters. The summed E-state index contributed by atoms with van der Waals surface area (Å²) in [5, 5.41) is 4.18. The number of ketones is 1. The lowest BCUT2D eigenvalue weighted by Crippen LogP contribution is -2.06. The van der Waals surface area contributed by atoms with Crippen molar-refractivity contribution in [3.8, 4) is 16.9 Å². The summed E-state index contributed by atoms with van der Waals surface area (Å²) >= 11 is 0. The van der Waals surface area contributed by atoms with Crippen LogP contribution in [0.4, 0.5) is 0 Å². The zero-order valence-electron chi connectivity index (χ0n) is 14.1. The molecule has 4 heteroatoms. The summed E-state index contributed by atoms with van der Waals surface area (Å²) in [5.74, 6) is 0.641. The molecule has 122 valence electrons. The fraction of sp³-hybridized carbons (Fsp3) is 0.200. The molecule has 1 aromatic heterocycles. The second-order valence-electron chi connectivity index (χ2n) is 5.90. The average molecular weight is 320 g/mol. The number of aryl methyl sites for hydroxylation is 2. The fourth-order valence-corrected chi connectivity index (χ4v) is 2.66. The number of aromatic nitrogens is 2. The third kappa shape index (κ3) is 3.38. The van der Waals surface area contributed by atoms with E-state index in [4.69, 9.17) is 4.74 Å². The maximum absolute atomic E-state index is 12.6. The van der Waals surface area contributed by atoms with Gasteiger partial charge in [-0.2, -0.15) is 5.10 Å². The zero-order chi connectivity index (χ0) is 17.1. The third-order valence-corrected chi connectivity index (χ3v) is 4.03. The number of rotatable bonds is 5. The highest BCUT2D eigenvalue weighted by Gasteiger charge is 2.14. The summed E-state index contributed by atoms with van der Waals surface area (Å²) < 4.78 is 7.19. The van der Waals surface area contributed by atoms with E-state index in [-0.39, 0.29) is 5.78 Å². The summed E-state index contributed by atoms with van der Waals surface area (Å²) in [5.41, 5.74) is 4.76. The maximum atomic E-state index is 12.6. The first-order chi connectivity index (χ1) is 11.6. The molecule has 0 saturated heterocycles. The van der Waals surface area contributed by atoms with Crippen LogP contribution in [0.15, 0.2) is 54.9 Å². The minimum absolute atomic E-state index is 0.0495. The van der Waals surface area contributed by atoms with Gasteiger partial charge in [-0.15, -0.1) is 0 Å². The minimum atomic E-state index is 0.0495. The van der Waals surface area contributed by atoms with Crippen molar-refractivity contribution >= 4 is 5.78 Å². The van der Waals surface area contributed by atoms with Crippen LogP contribution < -0.4 is 4.74 Å². The van der Waals surface area contributed by atoms with E-state index in [0.717, 1.165) is 16.7 Å². The smallest absolute Gasteiger partial charge is 0.170 e. The van der Waals surface area contributed by atoms with Gasteiger partial charge in [0.1, 0.15) is 5.75 Å². The van der Waals surface area contributed by atoms with E-state index in [9.17, 15) is 4.79 Å². The second-order valence-corrected chi connectivity index (χ2v) is 5.90. The quantitative estimate of drug-likeness (QED) is 0.671. The summed E-state index contributed by atoms with van der Waals surface area (Å²) in [7, 11) is 3.46. The molecule has 3 rings (SSSR count). The Hall–Kier alpha value is -2.88. The topological polar surface area (TPSA) is 44.1 Å². The molecule has 24 heavy (non-hydrogen) atoms. The molecule has 0 bridgehead atoms. The van der Waals surface area contributed by atoms with Crippen molar-refractivity contribution < 1.29 is 9.53 Å². The first-order valence-corrected chi connectivity index (χ1v) is 7.82. The Morgan fingerprint density at radius 2 is 1.88 bits per heavy atom. The van der Waals surface area contributed by atoms with E-state index >= 15 is 0 Å². The predicted octanol–water partition coefficient (Wildman–Crippen LogP) is 3.83. The fourth-order valence-electron chi connectivity index (χ4n) is 2.66. The molecule has 1 heterocycles. The van der Waals surface area contributed by atoms with Crippen molar-refractivity contribution in [1.29, 1.82) is 0 Å². The highest BCUT2D eigenvalue weighted by atomic mass is 16.5. The molecule has 2 aromatic carbocycles. The number of ether oxygens (including phenoxy) is 1. The Balaban J connectivity index is 1.87. The van der Waals surface area contributed by atoms with Crippen LogP contribution in [0.2, 0.25) is 0 Å². The molecule has 0 radical (unpaired) electrons. The number of benzene rings is 2. The van der Waals surface area contributed by atoms with Gasteiger partial charge >= 0.3 is 0 Å². The van der Waals surface area contributed by atoms with Gasteiger partial charge in [-0.3, -0.25) is 9.48 Å². The van der Waals surface area contributed by atoms with Crippen LogP contribution in [0.3, 0.4) is 0 Å². The number of carbonyl (C=O) groups is 1. The summed E-state index contributed by atoms with van der Waals surface area (Å²) in [6, 6.07) is 13.7. The molecule has 4 nitrogen and oxygen atoms in total. The maximum Gasteiger partial charge on any atom is 0.170 e. The molecule has 3 aromatic rings. The minimum Gasteiger partial charge on any atom is -0.496 e. The standard InChI is InChI=1S/C20H20N2O2/c1-14-4-6-15(7-5-14)10-19(23)18-9-8-16(11-20(18)24-3)17-12-21-22(2)13-17/h4-9,11-13H,10H2,1-3H3. The van der Waals surface area contributed by atoms with Crippen LogP contribution in [-0.4, -0.2) is 22.7 Å². The van der Waals surface area contributed by atoms with Gasteiger partial charge in [-0.25, -0.2) is 0 Å². The van der Waals surface area contributed by atoms with Crippen molar-refractivity contribution in [2.24, 2.45) is 7.05 Å². The van der Waals surface area contributed by atoms with Crippen molar-refractivity contribution in [2.75, 3.05) is 7.11 Å². The Morgan fingerprint density at radius 3 is 2.50 bits per heavy atom. The van der Waals surface area contributed by atoms with Gasteiger partial charge in [0.05, 0.1) is 18.9 Å². The molecule has 0 unspecified atom stereocenters. The number of nitrogens with zero attached hydrogens (tertiary/aromatic N) is 2.